The van der Waals surface area contributed by atoms with E-state index < -0.39 is 15.2 Å². The van der Waals surface area contributed by atoms with E-state index in [9.17, 15) is 8.42 Å². The van der Waals surface area contributed by atoms with E-state index in [0.717, 1.165) is 6.08 Å². The Morgan fingerprint density at radius 1 is 1.40 bits per heavy atom. The number of benzene rings is 1. The molecule has 0 aliphatic heterocycles. The molecule has 0 atom stereocenters. The van der Waals surface area contributed by atoms with Crippen molar-refractivity contribution in [2.75, 3.05) is 5.43 Å². The molecule has 1 aromatic rings. The zero-order valence-corrected chi connectivity index (χ0v) is 8.61. The predicted octanol–water partition coefficient (Wildman–Crippen LogP) is 1.49. The highest BCUT2D eigenvalue weighted by Gasteiger charge is 2.11. The second-order valence-corrected chi connectivity index (χ2v) is 3.98. The second-order valence-electron chi connectivity index (χ2n) is 2.61. The third-order valence-corrected chi connectivity index (χ3v) is 2.29. The minimum atomic E-state index is -4.32. The van der Waals surface area contributed by atoms with Crippen molar-refractivity contribution < 1.29 is 13.0 Å². The summed E-state index contributed by atoms with van der Waals surface area (Å²) >= 11 is 0. The molecule has 0 aliphatic rings. The van der Waals surface area contributed by atoms with Crippen molar-refractivity contribution >= 4 is 20.8 Å². The monoisotopic (exact) mass is 226 g/mol. The second kappa shape index (κ2) is 4.72. The minimum absolute atomic E-state index is 0.522. The molecule has 0 radical (unpaired) electrons. The van der Waals surface area contributed by atoms with Crippen LogP contribution in [0, 0.1) is 0 Å². The topological polar surface area (TPSA) is 78.8 Å². The lowest BCUT2D eigenvalue weighted by atomic mass is 10.3. The summed E-state index contributed by atoms with van der Waals surface area (Å²) in [5.74, 6) is 0. The van der Waals surface area contributed by atoms with Crippen molar-refractivity contribution in [3.8, 4) is 0 Å². The predicted molar refractivity (Wildman–Crippen MR) is 59.2 cm³/mol. The Morgan fingerprint density at radius 3 is 2.47 bits per heavy atom. The van der Waals surface area contributed by atoms with Crippen LogP contribution in [0.4, 0.5) is 5.69 Å². The lowest BCUT2D eigenvalue weighted by Crippen LogP contribution is -2.12. The fourth-order valence-corrected chi connectivity index (χ4v) is 1.21. The smallest absolute Gasteiger partial charge is 0.281 e. The van der Waals surface area contributed by atoms with Gasteiger partial charge < -0.3 is 0 Å². The maximum atomic E-state index is 10.7. The number of hydrazone groups is 1. The molecule has 0 aliphatic carbocycles. The number of para-hydroxylation sites is 1. The van der Waals surface area contributed by atoms with Crippen LogP contribution in [0.15, 0.2) is 48.1 Å². The van der Waals surface area contributed by atoms with Gasteiger partial charge in [0, 0.05) is 0 Å². The Morgan fingerprint density at radius 2 is 2.00 bits per heavy atom. The summed E-state index contributed by atoms with van der Waals surface area (Å²) in [6.45, 7) is 3.23. The summed E-state index contributed by atoms with van der Waals surface area (Å²) in [4.78, 5) is 0. The van der Waals surface area contributed by atoms with E-state index in [1.807, 2.05) is 6.07 Å². The highest BCUT2D eigenvalue weighted by Crippen LogP contribution is 2.05. The molecule has 0 aromatic heterocycles. The van der Waals surface area contributed by atoms with Gasteiger partial charge in [-0.15, -0.1) is 0 Å². The van der Waals surface area contributed by atoms with Crippen LogP contribution in [-0.4, -0.2) is 18.0 Å². The molecule has 0 saturated carbocycles. The molecular weight excluding hydrogens is 216 g/mol. The first-order valence-electron chi connectivity index (χ1n) is 4.02. The third-order valence-electron chi connectivity index (χ3n) is 1.51. The molecule has 0 amide bonds. The van der Waals surface area contributed by atoms with E-state index in [0.29, 0.717) is 5.69 Å². The number of anilines is 1. The largest absolute Gasteiger partial charge is 0.313 e. The van der Waals surface area contributed by atoms with Crippen LogP contribution in [0.3, 0.4) is 0 Å². The van der Waals surface area contributed by atoms with Crippen LogP contribution in [0.5, 0.6) is 0 Å². The molecule has 0 fully saturated rings. The molecule has 0 heterocycles. The molecule has 80 valence electrons. The van der Waals surface area contributed by atoms with E-state index in [4.69, 9.17) is 4.55 Å². The van der Waals surface area contributed by atoms with Crippen LogP contribution < -0.4 is 5.43 Å². The van der Waals surface area contributed by atoms with Gasteiger partial charge in [-0.2, -0.15) is 13.5 Å². The van der Waals surface area contributed by atoms with E-state index in [2.05, 4.69) is 17.1 Å². The highest BCUT2D eigenvalue weighted by atomic mass is 32.2. The summed E-state index contributed by atoms with van der Waals surface area (Å²) in [5, 5.41) is 2.97. The summed E-state index contributed by atoms with van der Waals surface area (Å²) in [6.07, 6.45) is 0.950. The van der Waals surface area contributed by atoms with E-state index in [-0.39, 0.29) is 0 Å². The average molecular weight is 226 g/mol. The Kier molecular flexibility index (Phi) is 3.59. The number of hydrogen-bond donors (Lipinski definition) is 2. The van der Waals surface area contributed by atoms with Crippen LogP contribution in [0.2, 0.25) is 0 Å². The first-order valence-corrected chi connectivity index (χ1v) is 5.46. The van der Waals surface area contributed by atoms with Gasteiger partial charge in [0.05, 0.1) is 5.69 Å². The highest BCUT2D eigenvalue weighted by molar-refractivity contribution is 8.02. The fraction of sp³-hybridized carbons (Fsp3) is 0. The molecule has 15 heavy (non-hydrogen) atoms. The standard InChI is InChI=1S/C9H10N2O3S/c1-2-9(15(12,13)14)11-10-8-6-4-3-5-7-8/h2-7,10H,1H2,(H,12,13,14). The maximum absolute atomic E-state index is 10.7. The molecule has 0 unspecified atom stereocenters. The summed E-state index contributed by atoms with van der Waals surface area (Å²) in [7, 11) is -4.32. The molecule has 0 saturated heterocycles. The van der Waals surface area contributed by atoms with Crippen LogP contribution in [0.25, 0.3) is 0 Å². The Labute approximate surface area is 87.9 Å². The number of nitrogens with zero attached hydrogens (tertiary/aromatic N) is 1. The third kappa shape index (κ3) is 3.53. The van der Waals surface area contributed by atoms with Gasteiger partial charge in [-0.05, 0) is 18.2 Å². The molecule has 5 nitrogen and oxygen atoms in total. The van der Waals surface area contributed by atoms with E-state index in [1.165, 1.54) is 0 Å². The van der Waals surface area contributed by atoms with Crippen molar-refractivity contribution in [3.63, 3.8) is 0 Å². The Balaban J connectivity index is 2.85. The fourth-order valence-electron chi connectivity index (χ4n) is 0.841. The van der Waals surface area contributed by atoms with Gasteiger partial charge in [0.15, 0.2) is 0 Å². The molecular formula is C9H10N2O3S. The summed E-state index contributed by atoms with van der Waals surface area (Å²) in [6, 6.07) is 8.74. The normalized spacial score (nSPS) is 12.2. The average Bonchev–Trinajstić information content (AvgIpc) is 2.18. The van der Waals surface area contributed by atoms with Gasteiger partial charge in [0.1, 0.15) is 0 Å². The van der Waals surface area contributed by atoms with Crippen LogP contribution >= 0.6 is 0 Å². The van der Waals surface area contributed by atoms with Gasteiger partial charge >= 0.3 is 10.1 Å². The molecule has 1 aromatic carbocycles. The molecule has 6 heteroatoms. The number of rotatable bonds is 3. The van der Waals surface area contributed by atoms with Crippen molar-refractivity contribution in [3.05, 3.63) is 43.0 Å². The summed E-state index contributed by atoms with van der Waals surface area (Å²) < 4.78 is 30.1. The first-order chi connectivity index (χ1) is 7.04. The van der Waals surface area contributed by atoms with Gasteiger partial charge in [0.2, 0.25) is 5.04 Å². The SMILES string of the molecule is C=CC(=NNc1ccccc1)S(=O)(=O)O. The van der Waals surface area contributed by atoms with Crippen molar-refractivity contribution in [2.45, 2.75) is 0 Å². The molecule has 0 spiro atoms. The van der Waals surface area contributed by atoms with Crippen LogP contribution in [0.1, 0.15) is 0 Å². The quantitative estimate of drug-likeness (QED) is 0.354. The van der Waals surface area contributed by atoms with Gasteiger partial charge in [0.25, 0.3) is 0 Å². The Hall–Kier alpha value is -1.66. The molecule has 1 rings (SSSR count). The van der Waals surface area contributed by atoms with E-state index >= 15 is 0 Å². The molecule has 0 bridgehead atoms. The molecule has 2 N–H and O–H groups in total. The van der Waals surface area contributed by atoms with Crippen molar-refractivity contribution in [1.29, 1.82) is 0 Å². The minimum Gasteiger partial charge on any atom is -0.281 e. The summed E-state index contributed by atoms with van der Waals surface area (Å²) in [5.41, 5.74) is 3.09. The zero-order valence-electron chi connectivity index (χ0n) is 7.79. The lowest BCUT2D eigenvalue weighted by molar-refractivity contribution is 0.498. The van der Waals surface area contributed by atoms with E-state index in [1.54, 1.807) is 24.3 Å². The Bertz CT molecular complexity index is 465. The van der Waals surface area contributed by atoms with Gasteiger partial charge in [-0.3, -0.25) is 9.98 Å². The number of hydrogen-bond acceptors (Lipinski definition) is 4. The lowest BCUT2D eigenvalue weighted by Gasteiger charge is -2.00. The van der Waals surface area contributed by atoms with Crippen molar-refractivity contribution in [2.24, 2.45) is 5.10 Å². The zero-order chi connectivity index (χ0) is 11.3. The van der Waals surface area contributed by atoms with Gasteiger partial charge in [-0.25, -0.2) is 0 Å². The van der Waals surface area contributed by atoms with Crippen molar-refractivity contribution in [1.82, 2.24) is 0 Å². The maximum Gasteiger partial charge on any atom is 0.313 e. The number of nitrogens with one attached hydrogen (secondary N) is 1. The first kappa shape index (κ1) is 11.4. The van der Waals surface area contributed by atoms with Crippen LogP contribution in [-0.2, 0) is 10.1 Å². The van der Waals surface area contributed by atoms with Gasteiger partial charge in [-0.1, -0.05) is 24.8 Å².